The van der Waals surface area contributed by atoms with E-state index in [4.69, 9.17) is 17.3 Å². The average molecular weight is 285 g/mol. The van der Waals surface area contributed by atoms with Crippen LogP contribution in [0.3, 0.4) is 0 Å². The third-order valence-corrected chi connectivity index (χ3v) is 2.69. The normalized spacial score (nSPS) is 10.3. The van der Waals surface area contributed by atoms with Gasteiger partial charge in [-0.1, -0.05) is 11.6 Å². The minimum Gasteiger partial charge on any atom is -0.399 e. The van der Waals surface area contributed by atoms with Gasteiger partial charge in [-0.3, -0.25) is 14.5 Å². The molecule has 0 heterocycles. The molecule has 0 aliphatic heterocycles. The van der Waals surface area contributed by atoms with E-state index in [1.807, 2.05) is 0 Å². The molecule has 0 aliphatic rings. The third kappa shape index (κ3) is 5.15. The Morgan fingerprint density at radius 2 is 1.95 bits per heavy atom. The number of nitrogens with two attached hydrogens (primary N) is 1. The predicted octanol–water partition coefficient (Wildman–Crippen LogP) is 0.539. The lowest BCUT2D eigenvalue weighted by Crippen LogP contribution is -2.37. The molecule has 6 nitrogen and oxygen atoms in total. The molecule has 0 bridgehead atoms. The summed E-state index contributed by atoms with van der Waals surface area (Å²) in [7, 11) is 3.23. The van der Waals surface area contributed by atoms with Gasteiger partial charge in [-0.15, -0.1) is 0 Å². The Labute approximate surface area is 116 Å². The van der Waals surface area contributed by atoms with E-state index in [-0.39, 0.29) is 24.9 Å². The minimum absolute atomic E-state index is 0.0914. The fraction of sp³-hybridized carbons (Fsp3) is 0.333. The zero-order chi connectivity index (χ0) is 14.4. The number of hydrogen-bond acceptors (Lipinski definition) is 4. The zero-order valence-corrected chi connectivity index (χ0v) is 11.6. The summed E-state index contributed by atoms with van der Waals surface area (Å²) in [6.07, 6.45) is 0. The summed E-state index contributed by atoms with van der Waals surface area (Å²) in [5, 5.41) is 5.52. The average Bonchev–Trinajstić information content (AvgIpc) is 2.32. The van der Waals surface area contributed by atoms with Crippen LogP contribution < -0.4 is 16.4 Å². The molecule has 104 valence electrons. The second kappa shape index (κ2) is 6.96. The molecule has 1 aromatic rings. The molecule has 4 N–H and O–H groups in total. The maximum absolute atomic E-state index is 11.8. The largest absolute Gasteiger partial charge is 0.399 e. The molecular weight excluding hydrogens is 268 g/mol. The van der Waals surface area contributed by atoms with Crippen molar-refractivity contribution in [1.82, 2.24) is 10.2 Å². The summed E-state index contributed by atoms with van der Waals surface area (Å²) in [6, 6.07) is 4.84. The molecule has 0 aromatic heterocycles. The quantitative estimate of drug-likeness (QED) is 0.689. The SMILES string of the molecule is CNC(=O)CN(C)CC(=O)Nc1ccc(N)cc1Cl. The Balaban J connectivity index is 2.53. The van der Waals surface area contributed by atoms with Crippen molar-refractivity contribution in [2.45, 2.75) is 0 Å². The first-order valence-corrected chi connectivity index (χ1v) is 6.04. The smallest absolute Gasteiger partial charge is 0.238 e. The number of nitrogens with one attached hydrogen (secondary N) is 2. The van der Waals surface area contributed by atoms with Crippen molar-refractivity contribution in [3.05, 3.63) is 23.2 Å². The monoisotopic (exact) mass is 284 g/mol. The van der Waals surface area contributed by atoms with E-state index in [9.17, 15) is 9.59 Å². The van der Waals surface area contributed by atoms with Gasteiger partial charge in [0.25, 0.3) is 0 Å². The second-order valence-electron chi connectivity index (χ2n) is 4.13. The molecule has 2 amide bonds. The standard InChI is InChI=1S/C12H17ClN4O2/c1-15-11(18)6-17(2)7-12(19)16-10-4-3-8(14)5-9(10)13/h3-5H,6-7,14H2,1-2H3,(H,15,18)(H,16,19). The summed E-state index contributed by atoms with van der Waals surface area (Å²) < 4.78 is 0. The first-order valence-electron chi connectivity index (χ1n) is 5.66. The minimum atomic E-state index is -0.252. The van der Waals surface area contributed by atoms with Crippen LogP contribution in [0.15, 0.2) is 18.2 Å². The van der Waals surface area contributed by atoms with Crippen LogP contribution in [0.5, 0.6) is 0 Å². The number of hydrogen-bond donors (Lipinski definition) is 3. The predicted molar refractivity (Wildman–Crippen MR) is 76.1 cm³/mol. The van der Waals surface area contributed by atoms with Gasteiger partial charge in [-0.25, -0.2) is 0 Å². The van der Waals surface area contributed by atoms with E-state index in [0.717, 1.165) is 0 Å². The lowest BCUT2D eigenvalue weighted by atomic mass is 10.3. The number of carbonyl (C=O) groups excluding carboxylic acids is 2. The van der Waals surface area contributed by atoms with Crippen LogP contribution in [0.2, 0.25) is 5.02 Å². The molecule has 1 rings (SSSR count). The van der Waals surface area contributed by atoms with Gasteiger partial charge in [0.1, 0.15) is 0 Å². The van der Waals surface area contributed by atoms with Crippen molar-refractivity contribution in [2.24, 2.45) is 0 Å². The second-order valence-corrected chi connectivity index (χ2v) is 4.54. The van der Waals surface area contributed by atoms with Crippen molar-refractivity contribution >= 4 is 34.8 Å². The molecule has 0 radical (unpaired) electrons. The highest BCUT2D eigenvalue weighted by Crippen LogP contribution is 2.23. The van der Waals surface area contributed by atoms with Gasteiger partial charge in [0.2, 0.25) is 11.8 Å². The number of anilines is 2. The number of amides is 2. The zero-order valence-electron chi connectivity index (χ0n) is 10.9. The van der Waals surface area contributed by atoms with Crippen molar-refractivity contribution in [3.63, 3.8) is 0 Å². The number of carbonyl (C=O) groups is 2. The Hall–Kier alpha value is -1.79. The maximum Gasteiger partial charge on any atom is 0.238 e. The fourth-order valence-electron chi connectivity index (χ4n) is 1.45. The van der Waals surface area contributed by atoms with Gasteiger partial charge >= 0.3 is 0 Å². The Morgan fingerprint density at radius 3 is 2.53 bits per heavy atom. The lowest BCUT2D eigenvalue weighted by molar-refractivity contribution is -0.122. The molecule has 0 aliphatic carbocycles. The Bertz CT molecular complexity index is 479. The van der Waals surface area contributed by atoms with E-state index < -0.39 is 0 Å². The molecule has 7 heteroatoms. The number of likely N-dealkylation sites (N-methyl/N-ethyl adjacent to an activating group) is 2. The molecule has 0 unspecified atom stereocenters. The third-order valence-electron chi connectivity index (χ3n) is 2.37. The summed E-state index contributed by atoms with van der Waals surface area (Å²) in [5.74, 6) is -0.404. The van der Waals surface area contributed by atoms with Crippen LogP contribution in [-0.4, -0.2) is 43.9 Å². The number of halogens is 1. The van der Waals surface area contributed by atoms with Crippen molar-refractivity contribution in [2.75, 3.05) is 38.2 Å². The first-order chi connectivity index (χ1) is 8.92. The maximum atomic E-state index is 11.8. The Morgan fingerprint density at radius 1 is 1.32 bits per heavy atom. The highest BCUT2D eigenvalue weighted by atomic mass is 35.5. The molecule has 0 saturated heterocycles. The lowest BCUT2D eigenvalue weighted by Gasteiger charge is -2.15. The first kappa shape index (κ1) is 15.3. The molecule has 0 saturated carbocycles. The number of benzene rings is 1. The highest BCUT2D eigenvalue weighted by Gasteiger charge is 2.11. The van der Waals surface area contributed by atoms with Gasteiger partial charge in [0.15, 0.2) is 0 Å². The molecular formula is C12H17ClN4O2. The summed E-state index contributed by atoms with van der Waals surface area (Å²) in [4.78, 5) is 24.5. The van der Waals surface area contributed by atoms with E-state index in [1.54, 1.807) is 37.2 Å². The van der Waals surface area contributed by atoms with Crippen molar-refractivity contribution < 1.29 is 9.59 Å². The van der Waals surface area contributed by atoms with Crippen LogP contribution in [0.4, 0.5) is 11.4 Å². The Kier molecular flexibility index (Phi) is 5.59. The van der Waals surface area contributed by atoms with Gasteiger partial charge in [-0.2, -0.15) is 0 Å². The molecule has 0 atom stereocenters. The molecule has 19 heavy (non-hydrogen) atoms. The van der Waals surface area contributed by atoms with E-state index in [2.05, 4.69) is 10.6 Å². The summed E-state index contributed by atoms with van der Waals surface area (Å²) >= 11 is 5.94. The highest BCUT2D eigenvalue weighted by molar-refractivity contribution is 6.34. The van der Waals surface area contributed by atoms with Crippen LogP contribution in [0.1, 0.15) is 0 Å². The van der Waals surface area contributed by atoms with E-state index in [0.29, 0.717) is 16.4 Å². The van der Waals surface area contributed by atoms with E-state index >= 15 is 0 Å². The number of nitrogens with zero attached hydrogens (tertiary/aromatic N) is 1. The van der Waals surface area contributed by atoms with Crippen LogP contribution in [0, 0.1) is 0 Å². The van der Waals surface area contributed by atoms with Crippen LogP contribution >= 0.6 is 11.6 Å². The van der Waals surface area contributed by atoms with Crippen molar-refractivity contribution in [1.29, 1.82) is 0 Å². The van der Waals surface area contributed by atoms with Crippen LogP contribution in [-0.2, 0) is 9.59 Å². The van der Waals surface area contributed by atoms with Crippen LogP contribution in [0.25, 0.3) is 0 Å². The fourth-order valence-corrected chi connectivity index (χ4v) is 1.68. The number of nitrogen functional groups attached to an aromatic ring is 1. The van der Waals surface area contributed by atoms with Gasteiger partial charge in [-0.05, 0) is 25.2 Å². The summed E-state index contributed by atoms with van der Waals surface area (Å²) in [5.41, 5.74) is 6.58. The van der Waals surface area contributed by atoms with Gasteiger partial charge in [0.05, 0.1) is 23.8 Å². The van der Waals surface area contributed by atoms with Crippen molar-refractivity contribution in [3.8, 4) is 0 Å². The van der Waals surface area contributed by atoms with Gasteiger partial charge < -0.3 is 16.4 Å². The summed E-state index contributed by atoms with van der Waals surface area (Å²) in [6.45, 7) is 0.244. The van der Waals surface area contributed by atoms with E-state index in [1.165, 1.54) is 0 Å². The molecule has 0 fully saturated rings. The van der Waals surface area contributed by atoms with Gasteiger partial charge in [0, 0.05) is 12.7 Å². The molecule has 0 spiro atoms. The number of rotatable bonds is 5. The molecule has 1 aromatic carbocycles. The topological polar surface area (TPSA) is 87.5 Å².